The van der Waals surface area contributed by atoms with Crippen LogP contribution in [0.5, 0.6) is 0 Å². The molecule has 2 heterocycles. The van der Waals surface area contributed by atoms with Crippen molar-refractivity contribution in [1.82, 2.24) is 14.7 Å². The average molecular weight is 281 g/mol. The van der Waals surface area contributed by atoms with E-state index in [0.29, 0.717) is 11.5 Å². The van der Waals surface area contributed by atoms with E-state index < -0.39 is 0 Å². The summed E-state index contributed by atoms with van der Waals surface area (Å²) in [5, 5.41) is 0. The molecule has 2 saturated heterocycles. The van der Waals surface area contributed by atoms with Crippen molar-refractivity contribution in [2.75, 3.05) is 52.9 Å². The number of hydrogen-bond donors (Lipinski definition) is 0. The van der Waals surface area contributed by atoms with Gasteiger partial charge in [0.25, 0.3) is 0 Å². The molecule has 2 aliphatic heterocycles. The Hall–Kier alpha value is -0.120. The van der Waals surface area contributed by atoms with Crippen molar-refractivity contribution in [2.45, 2.75) is 46.6 Å². The summed E-state index contributed by atoms with van der Waals surface area (Å²) < 4.78 is 0. The van der Waals surface area contributed by atoms with Crippen molar-refractivity contribution in [3.05, 3.63) is 0 Å². The summed E-state index contributed by atoms with van der Waals surface area (Å²) in [6, 6.07) is 0.707. The molecule has 0 aromatic heterocycles. The van der Waals surface area contributed by atoms with Gasteiger partial charge in [-0.25, -0.2) is 0 Å². The highest BCUT2D eigenvalue weighted by Crippen LogP contribution is 2.35. The van der Waals surface area contributed by atoms with Crippen LogP contribution >= 0.6 is 0 Å². The van der Waals surface area contributed by atoms with Crippen LogP contribution in [0.1, 0.15) is 40.5 Å². The highest BCUT2D eigenvalue weighted by Gasteiger charge is 2.34. The van der Waals surface area contributed by atoms with E-state index in [9.17, 15) is 0 Å². The molecule has 118 valence electrons. The molecule has 3 nitrogen and oxygen atoms in total. The van der Waals surface area contributed by atoms with Gasteiger partial charge in [0.05, 0.1) is 0 Å². The molecule has 2 aliphatic rings. The monoisotopic (exact) mass is 281 g/mol. The van der Waals surface area contributed by atoms with Crippen LogP contribution in [0.2, 0.25) is 0 Å². The lowest BCUT2D eigenvalue weighted by Crippen LogP contribution is -2.52. The molecule has 0 radical (unpaired) electrons. The van der Waals surface area contributed by atoms with Crippen LogP contribution in [-0.2, 0) is 0 Å². The van der Waals surface area contributed by atoms with E-state index >= 15 is 0 Å². The number of rotatable bonds is 4. The Bertz CT molecular complexity index is 285. The molecule has 0 N–H and O–H groups in total. The minimum Gasteiger partial charge on any atom is -0.306 e. The number of hydrogen-bond acceptors (Lipinski definition) is 3. The fraction of sp³-hybridized carbons (Fsp3) is 1.00. The predicted octanol–water partition coefficient (Wildman–Crippen LogP) is 2.38. The number of piperidine rings is 1. The van der Waals surface area contributed by atoms with Gasteiger partial charge in [-0.15, -0.1) is 0 Å². The molecule has 3 heteroatoms. The maximum atomic E-state index is 2.71. The molecule has 2 fully saturated rings. The second-order valence-corrected chi connectivity index (χ2v) is 7.97. The van der Waals surface area contributed by atoms with Crippen LogP contribution in [0.15, 0.2) is 0 Å². The molecule has 20 heavy (non-hydrogen) atoms. The first-order valence-corrected chi connectivity index (χ1v) is 8.53. The van der Waals surface area contributed by atoms with Crippen LogP contribution in [0, 0.1) is 11.3 Å². The molecule has 0 aliphatic carbocycles. The average Bonchev–Trinajstić information content (AvgIpc) is 2.39. The third kappa shape index (κ3) is 4.19. The quantitative estimate of drug-likeness (QED) is 0.783. The van der Waals surface area contributed by atoms with Gasteiger partial charge in [0.1, 0.15) is 0 Å². The van der Waals surface area contributed by atoms with Crippen molar-refractivity contribution in [3.63, 3.8) is 0 Å². The van der Waals surface area contributed by atoms with E-state index in [1.807, 2.05) is 0 Å². The lowest BCUT2D eigenvalue weighted by molar-refractivity contribution is 0.0399. The fourth-order valence-corrected chi connectivity index (χ4v) is 3.93. The first-order valence-electron chi connectivity index (χ1n) is 8.53. The molecule has 0 spiro atoms. The summed E-state index contributed by atoms with van der Waals surface area (Å²) in [5.74, 6) is 0.904. The zero-order valence-corrected chi connectivity index (χ0v) is 14.4. The highest BCUT2D eigenvalue weighted by atomic mass is 15.3. The molecule has 0 aromatic rings. The smallest absolute Gasteiger partial charge is 0.0113 e. The Balaban J connectivity index is 1.80. The first-order chi connectivity index (χ1) is 9.38. The maximum Gasteiger partial charge on any atom is 0.0113 e. The topological polar surface area (TPSA) is 9.72 Å². The summed E-state index contributed by atoms with van der Waals surface area (Å²) in [6.07, 6.45) is 2.77. The highest BCUT2D eigenvalue weighted by molar-refractivity contribution is 4.87. The minimum absolute atomic E-state index is 0.473. The molecule has 0 amide bonds. The van der Waals surface area contributed by atoms with Crippen LogP contribution in [0.25, 0.3) is 0 Å². The van der Waals surface area contributed by atoms with E-state index in [0.717, 1.165) is 5.92 Å². The Kier molecular flexibility index (Phi) is 5.49. The lowest BCUT2D eigenvalue weighted by Gasteiger charge is -2.45. The number of nitrogens with zero attached hydrogens (tertiary/aromatic N) is 3. The summed E-state index contributed by atoms with van der Waals surface area (Å²) >= 11 is 0. The second-order valence-electron chi connectivity index (χ2n) is 7.97. The Labute approximate surface area is 126 Å². The van der Waals surface area contributed by atoms with Gasteiger partial charge in [0, 0.05) is 38.8 Å². The number of piperazine rings is 1. The molecule has 2 rings (SSSR count). The second kappa shape index (κ2) is 6.76. The summed E-state index contributed by atoms with van der Waals surface area (Å²) in [5.41, 5.74) is 0.473. The van der Waals surface area contributed by atoms with Gasteiger partial charge in [-0.1, -0.05) is 13.8 Å². The Morgan fingerprint density at radius 2 is 1.50 bits per heavy atom. The number of likely N-dealkylation sites (tertiary alicyclic amines) is 1. The van der Waals surface area contributed by atoms with Crippen molar-refractivity contribution >= 4 is 0 Å². The molecule has 0 saturated carbocycles. The van der Waals surface area contributed by atoms with Gasteiger partial charge in [-0.3, -0.25) is 4.90 Å². The van der Waals surface area contributed by atoms with Crippen molar-refractivity contribution in [1.29, 1.82) is 0 Å². The maximum absolute atomic E-state index is 2.71. The van der Waals surface area contributed by atoms with Crippen LogP contribution in [0.3, 0.4) is 0 Å². The first kappa shape index (κ1) is 16.3. The van der Waals surface area contributed by atoms with Crippen LogP contribution in [-0.4, -0.2) is 73.6 Å². The van der Waals surface area contributed by atoms with E-state index in [1.165, 1.54) is 58.7 Å². The largest absolute Gasteiger partial charge is 0.306 e. The Morgan fingerprint density at radius 1 is 0.950 bits per heavy atom. The molecule has 0 unspecified atom stereocenters. The molecule has 0 bridgehead atoms. The molecular weight excluding hydrogens is 246 g/mol. The Morgan fingerprint density at radius 3 is 2.00 bits per heavy atom. The van der Waals surface area contributed by atoms with Crippen molar-refractivity contribution < 1.29 is 0 Å². The third-order valence-corrected chi connectivity index (χ3v) is 5.59. The van der Waals surface area contributed by atoms with E-state index in [2.05, 4.69) is 49.4 Å². The zero-order chi connectivity index (χ0) is 14.8. The normalized spacial score (nSPS) is 25.5. The fourth-order valence-electron chi connectivity index (χ4n) is 3.93. The molecule has 0 atom stereocenters. The van der Waals surface area contributed by atoms with E-state index in [4.69, 9.17) is 0 Å². The van der Waals surface area contributed by atoms with Gasteiger partial charge >= 0.3 is 0 Å². The molecule has 0 aromatic carbocycles. The predicted molar refractivity (Wildman–Crippen MR) is 87.2 cm³/mol. The van der Waals surface area contributed by atoms with E-state index in [-0.39, 0.29) is 0 Å². The summed E-state index contributed by atoms with van der Waals surface area (Å²) in [6.45, 7) is 18.5. The van der Waals surface area contributed by atoms with E-state index in [1.54, 1.807) is 0 Å². The van der Waals surface area contributed by atoms with Gasteiger partial charge in [-0.2, -0.15) is 0 Å². The SMILES string of the molecule is CC(C)N1CCN(CC(C)(C)C2CCN(C)CC2)CC1. The van der Waals surface area contributed by atoms with Gasteiger partial charge in [-0.05, 0) is 58.2 Å². The van der Waals surface area contributed by atoms with Crippen molar-refractivity contribution in [3.8, 4) is 0 Å². The van der Waals surface area contributed by atoms with Crippen LogP contribution in [0.4, 0.5) is 0 Å². The van der Waals surface area contributed by atoms with Gasteiger partial charge < -0.3 is 9.80 Å². The zero-order valence-electron chi connectivity index (χ0n) is 14.4. The lowest BCUT2D eigenvalue weighted by atomic mass is 9.73. The van der Waals surface area contributed by atoms with Crippen LogP contribution < -0.4 is 0 Å². The standard InChI is InChI=1S/C17H35N3/c1-15(2)20-12-10-19(11-13-20)14-17(3,4)16-6-8-18(5)9-7-16/h15-16H,6-14H2,1-5H3. The van der Waals surface area contributed by atoms with Gasteiger partial charge in [0.2, 0.25) is 0 Å². The third-order valence-electron chi connectivity index (χ3n) is 5.59. The summed E-state index contributed by atoms with van der Waals surface area (Å²) in [4.78, 5) is 7.80. The molecular formula is C17H35N3. The summed E-state index contributed by atoms with van der Waals surface area (Å²) in [7, 11) is 2.26. The van der Waals surface area contributed by atoms with Crippen molar-refractivity contribution in [2.24, 2.45) is 11.3 Å². The van der Waals surface area contributed by atoms with Gasteiger partial charge in [0.15, 0.2) is 0 Å². The minimum atomic E-state index is 0.473.